The number of fused-ring (bicyclic) bond motifs is 1. The smallest absolute Gasteiger partial charge is 0.139 e. The molecule has 1 aliphatic heterocycles. The van der Waals surface area contributed by atoms with Crippen molar-refractivity contribution < 1.29 is 0 Å². The van der Waals surface area contributed by atoms with Crippen molar-refractivity contribution in [2.45, 2.75) is 19.0 Å². The zero-order valence-electron chi connectivity index (χ0n) is 15.2. The van der Waals surface area contributed by atoms with Gasteiger partial charge >= 0.3 is 0 Å². The van der Waals surface area contributed by atoms with Gasteiger partial charge in [-0.25, -0.2) is 4.98 Å². The van der Waals surface area contributed by atoms with Crippen molar-refractivity contribution in [2.24, 2.45) is 0 Å². The number of benzene rings is 1. The maximum atomic E-state index is 4.58. The molecule has 1 atom stereocenters. The van der Waals surface area contributed by atoms with Gasteiger partial charge in [0.15, 0.2) is 0 Å². The van der Waals surface area contributed by atoms with E-state index in [1.54, 1.807) is 0 Å². The summed E-state index contributed by atoms with van der Waals surface area (Å²) in [6.45, 7) is 3.18. The molecule has 5 nitrogen and oxygen atoms in total. The third kappa shape index (κ3) is 3.22. The lowest BCUT2D eigenvalue weighted by Gasteiger charge is -2.19. The molecule has 136 valence electrons. The second-order valence-electron chi connectivity index (χ2n) is 7.24. The monoisotopic (exact) mass is 357 g/mol. The molecule has 4 aromatic rings. The fourth-order valence-corrected chi connectivity index (χ4v) is 4.01. The van der Waals surface area contributed by atoms with E-state index in [-0.39, 0.29) is 0 Å². The Kier molecular flexibility index (Phi) is 4.14. The summed E-state index contributed by atoms with van der Waals surface area (Å²) in [5, 5.41) is 4.98. The molecule has 1 aliphatic rings. The zero-order chi connectivity index (χ0) is 18.1. The van der Waals surface area contributed by atoms with Crippen molar-refractivity contribution in [3.8, 4) is 11.1 Å². The predicted molar refractivity (Wildman–Crippen MR) is 110 cm³/mol. The van der Waals surface area contributed by atoms with Gasteiger partial charge in [0.05, 0.1) is 5.69 Å². The van der Waals surface area contributed by atoms with Crippen LogP contribution in [-0.2, 0) is 6.54 Å². The van der Waals surface area contributed by atoms with Crippen LogP contribution in [0.3, 0.4) is 0 Å². The first-order valence-electron chi connectivity index (χ1n) is 9.49. The highest BCUT2D eigenvalue weighted by atomic mass is 15.2. The van der Waals surface area contributed by atoms with Crippen molar-refractivity contribution in [3.05, 3.63) is 72.8 Å². The van der Waals surface area contributed by atoms with Gasteiger partial charge in [0.2, 0.25) is 0 Å². The van der Waals surface area contributed by atoms with Crippen LogP contribution < -0.4 is 5.32 Å². The Morgan fingerprint density at radius 3 is 2.89 bits per heavy atom. The topological polar surface area (TPSA) is 59.7 Å². The Morgan fingerprint density at radius 1 is 1.11 bits per heavy atom. The van der Waals surface area contributed by atoms with Crippen LogP contribution in [0.15, 0.2) is 67.3 Å². The average molecular weight is 357 g/mol. The third-order valence-electron chi connectivity index (χ3n) is 5.37. The van der Waals surface area contributed by atoms with E-state index >= 15 is 0 Å². The Bertz CT molecular complexity index is 1020. The van der Waals surface area contributed by atoms with Gasteiger partial charge in [0.1, 0.15) is 5.65 Å². The number of nitrogens with one attached hydrogen (secondary N) is 3. The average Bonchev–Trinajstić information content (AvgIpc) is 3.45. The Balaban J connectivity index is 1.38. The predicted octanol–water partition coefficient (Wildman–Crippen LogP) is 4.24. The maximum absolute atomic E-state index is 4.58. The fourth-order valence-electron chi connectivity index (χ4n) is 4.01. The molecule has 0 aliphatic carbocycles. The summed E-state index contributed by atoms with van der Waals surface area (Å²) in [4.78, 5) is 13.5. The zero-order valence-corrected chi connectivity index (χ0v) is 15.2. The minimum atomic E-state index is 0.437. The minimum absolute atomic E-state index is 0.437. The van der Waals surface area contributed by atoms with Crippen LogP contribution in [0.25, 0.3) is 22.2 Å². The highest BCUT2D eigenvalue weighted by Gasteiger charge is 2.24. The van der Waals surface area contributed by atoms with Gasteiger partial charge in [-0.3, -0.25) is 4.90 Å². The molecule has 0 unspecified atom stereocenters. The molecule has 0 spiro atoms. The van der Waals surface area contributed by atoms with Crippen LogP contribution >= 0.6 is 0 Å². The van der Waals surface area contributed by atoms with Gasteiger partial charge in [-0.1, -0.05) is 30.3 Å². The van der Waals surface area contributed by atoms with E-state index in [0.29, 0.717) is 6.04 Å². The van der Waals surface area contributed by atoms with Crippen LogP contribution in [0.5, 0.6) is 0 Å². The van der Waals surface area contributed by atoms with Crippen molar-refractivity contribution in [3.63, 3.8) is 0 Å². The molecule has 3 aromatic heterocycles. The molecule has 0 radical (unpaired) electrons. The lowest BCUT2D eigenvalue weighted by Crippen LogP contribution is -2.26. The molecular formula is C22H23N5. The first kappa shape index (κ1) is 16.1. The molecule has 1 aromatic carbocycles. The van der Waals surface area contributed by atoms with Gasteiger partial charge in [-0.2, -0.15) is 0 Å². The molecule has 4 heterocycles. The molecule has 1 saturated heterocycles. The van der Waals surface area contributed by atoms with E-state index in [0.717, 1.165) is 48.2 Å². The van der Waals surface area contributed by atoms with E-state index in [9.17, 15) is 0 Å². The number of hydrogen-bond donors (Lipinski definition) is 3. The SMILES string of the molecule is c1ccc(CN2CC[C@H](Nc3c(-c4cc[nH]c4)cnc4[nH]ccc34)C2)cc1. The summed E-state index contributed by atoms with van der Waals surface area (Å²) in [6, 6.07) is 15.4. The number of anilines is 1. The van der Waals surface area contributed by atoms with E-state index < -0.39 is 0 Å². The van der Waals surface area contributed by atoms with Crippen LogP contribution in [0, 0.1) is 0 Å². The normalized spacial score (nSPS) is 17.6. The number of H-pyrrole nitrogens is 2. The molecule has 0 saturated carbocycles. The minimum Gasteiger partial charge on any atom is -0.380 e. The quantitative estimate of drug-likeness (QED) is 0.500. The molecule has 3 N–H and O–H groups in total. The molecule has 0 amide bonds. The molecule has 27 heavy (non-hydrogen) atoms. The van der Waals surface area contributed by atoms with Crippen LogP contribution in [-0.4, -0.2) is 39.0 Å². The fraction of sp³-hybridized carbons (Fsp3) is 0.227. The summed E-state index contributed by atoms with van der Waals surface area (Å²) in [5.74, 6) is 0. The molecule has 5 heteroatoms. The number of aromatic nitrogens is 3. The molecular weight excluding hydrogens is 334 g/mol. The van der Waals surface area contributed by atoms with Crippen molar-refractivity contribution in [2.75, 3.05) is 18.4 Å². The number of hydrogen-bond acceptors (Lipinski definition) is 3. The highest BCUT2D eigenvalue weighted by molar-refractivity contribution is 5.98. The summed E-state index contributed by atoms with van der Waals surface area (Å²) in [7, 11) is 0. The summed E-state index contributed by atoms with van der Waals surface area (Å²) < 4.78 is 0. The van der Waals surface area contributed by atoms with Gasteiger partial charge in [-0.05, 0) is 24.1 Å². The number of nitrogens with zero attached hydrogens (tertiary/aromatic N) is 2. The number of rotatable bonds is 5. The van der Waals surface area contributed by atoms with Gasteiger partial charge < -0.3 is 15.3 Å². The lowest BCUT2D eigenvalue weighted by atomic mass is 10.1. The lowest BCUT2D eigenvalue weighted by molar-refractivity contribution is 0.328. The highest BCUT2D eigenvalue weighted by Crippen LogP contribution is 2.34. The Hall–Kier alpha value is -3.05. The molecule has 5 rings (SSSR count). The van der Waals surface area contributed by atoms with E-state index in [1.165, 1.54) is 11.3 Å². The second-order valence-corrected chi connectivity index (χ2v) is 7.24. The largest absolute Gasteiger partial charge is 0.380 e. The van der Waals surface area contributed by atoms with E-state index in [1.807, 2.05) is 24.8 Å². The number of aromatic amines is 2. The van der Waals surface area contributed by atoms with Gasteiger partial charge in [0.25, 0.3) is 0 Å². The van der Waals surface area contributed by atoms with Crippen LogP contribution in [0.2, 0.25) is 0 Å². The first-order chi connectivity index (χ1) is 13.4. The van der Waals surface area contributed by atoms with Crippen molar-refractivity contribution in [1.29, 1.82) is 0 Å². The summed E-state index contributed by atoms with van der Waals surface area (Å²) in [6.07, 6.45) is 9.05. The van der Waals surface area contributed by atoms with Gasteiger partial charge in [-0.15, -0.1) is 0 Å². The summed E-state index contributed by atoms with van der Waals surface area (Å²) >= 11 is 0. The number of likely N-dealkylation sites (tertiary alicyclic amines) is 1. The maximum Gasteiger partial charge on any atom is 0.139 e. The summed E-state index contributed by atoms with van der Waals surface area (Å²) in [5.41, 5.74) is 5.78. The third-order valence-corrected chi connectivity index (χ3v) is 5.37. The molecule has 0 bridgehead atoms. The van der Waals surface area contributed by atoms with Gasteiger partial charge in [0, 0.05) is 67.0 Å². The number of pyridine rings is 1. The van der Waals surface area contributed by atoms with E-state index in [4.69, 9.17) is 0 Å². The van der Waals surface area contributed by atoms with Crippen molar-refractivity contribution in [1.82, 2.24) is 19.9 Å². The van der Waals surface area contributed by atoms with Crippen LogP contribution in [0.4, 0.5) is 5.69 Å². The van der Waals surface area contributed by atoms with Crippen molar-refractivity contribution >= 4 is 16.7 Å². The Labute approximate surface area is 158 Å². The van der Waals surface area contributed by atoms with Crippen LogP contribution in [0.1, 0.15) is 12.0 Å². The first-order valence-corrected chi connectivity index (χ1v) is 9.49. The molecule has 1 fully saturated rings. The second kappa shape index (κ2) is 6.93. The standard InChI is InChI=1S/C22H23N5/c1-2-4-16(5-3-1)14-27-11-8-18(15-27)26-21-19-7-10-24-22(19)25-13-20(21)17-6-9-23-12-17/h1-7,9-10,12-13,18,23H,8,11,14-15H2,(H2,24,25,26)/t18-/m0/s1. The van der Waals surface area contributed by atoms with E-state index in [2.05, 4.69) is 67.6 Å². The Morgan fingerprint density at radius 2 is 2.04 bits per heavy atom.